The number of rotatable bonds is 4. The standard InChI is InChI=1S/C11H13BrO3/c1-3-14-10-7-8(12)5-6-9(10)11(13)15-4-2/h5-7H,3-4H2,1-2H3. The van der Waals surface area contributed by atoms with Crippen LogP contribution in [0, 0.1) is 0 Å². The van der Waals surface area contributed by atoms with E-state index < -0.39 is 0 Å². The molecule has 0 aliphatic rings. The van der Waals surface area contributed by atoms with Gasteiger partial charge in [-0.15, -0.1) is 0 Å². The number of hydrogen-bond acceptors (Lipinski definition) is 3. The first-order valence-electron chi connectivity index (χ1n) is 4.78. The maximum absolute atomic E-state index is 11.5. The van der Waals surface area contributed by atoms with Crippen LogP contribution < -0.4 is 4.74 Å². The van der Waals surface area contributed by atoms with Crippen LogP contribution in [-0.4, -0.2) is 19.2 Å². The molecule has 0 heterocycles. The lowest BCUT2D eigenvalue weighted by Crippen LogP contribution is -2.07. The lowest BCUT2D eigenvalue weighted by Gasteiger charge is -2.09. The second-order valence-corrected chi connectivity index (χ2v) is 3.71. The molecule has 0 radical (unpaired) electrons. The number of esters is 1. The fourth-order valence-corrected chi connectivity index (χ4v) is 1.49. The SMILES string of the molecule is CCOC(=O)c1ccc(Br)cc1OCC. The lowest BCUT2D eigenvalue weighted by atomic mass is 10.2. The first kappa shape index (κ1) is 12.0. The van der Waals surface area contributed by atoms with Crippen molar-refractivity contribution in [2.24, 2.45) is 0 Å². The Hall–Kier alpha value is -1.03. The smallest absolute Gasteiger partial charge is 0.341 e. The zero-order valence-electron chi connectivity index (χ0n) is 8.75. The van der Waals surface area contributed by atoms with Crippen molar-refractivity contribution in [3.8, 4) is 5.75 Å². The predicted octanol–water partition coefficient (Wildman–Crippen LogP) is 3.02. The topological polar surface area (TPSA) is 35.5 Å². The first-order valence-corrected chi connectivity index (χ1v) is 5.57. The summed E-state index contributed by atoms with van der Waals surface area (Å²) in [6, 6.07) is 5.23. The van der Waals surface area contributed by atoms with Crippen molar-refractivity contribution in [1.29, 1.82) is 0 Å². The number of hydrogen-bond donors (Lipinski definition) is 0. The van der Waals surface area contributed by atoms with Gasteiger partial charge in [0.2, 0.25) is 0 Å². The molecular formula is C11H13BrO3. The van der Waals surface area contributed by atoms with Crippen LogP contribution in [0.2, 0.25) is 0 Å². The molecule has 0 saturated heterocycles. The molecule has 0 saturated carbocycles. The second kappa shape index (κ2) is 5.75. The maximum Gasteiger partial charge on any atom is 0.341 e. The van der Waals surface area contributed by atoms with Crippen LogP contribution in [0.3, 0.4) is 0 Å². The minimum atomic E-state index is -0.353. The van der Waals surface area contributed by atoms with E-state index in [9.17, 15) is 4.79 Å². The van der Waals surface area contributed by atoms with E-state index in [1.807, 2.05) is 6.92 Å². The highest BCUT2D eigenvalue weighted by Gasteiger charge is 2.13. The molecule has 0 bridgehead atoms. The van der Waals surface area contributed by atoms with E-state index in [1.54, 1.807) is 25.1 Å². The minimum absolute atomic E-state index is 0.353. The molecule has 4 heteroatoms. The van der Waals surface area contributed by atoms with E-state index in [1.165, 1.54) is 0 Å². The monoisotopic (exact) mass is 272 g/mol. The Morgan fingerprint density at radius 3 is 2.67 bits per heavy atom. The van der Waals surface area contributed by atoms with Crippen molar-refractivity contribution in [3.05, 3.63) is 28.2 Å². The van der Waals surface area contributed by atoms with Gasteiger partial charge in [-0.05, 0) is 32.0 Å². The summed E-state index contributed by atoms with van der Waals surface area (Å²) >= 11 is 3.32. The molecule has 0 atom stereocenters. The van der Waals surface area contributed by atoms with Gasteiger partial charge in [0.05, 0.1) is 13.2 Å². The summed E-state index contributed by atoms with van der Waals surface area (Å²) in [4.78, 5) is 11.5. The molecule has 82 valence electrons. The van der Waals surface area contributed by atoms with Gasteiger partial charge in [0, 0.05) is 4.47 Å². The van der Waals surface area contributed by atoms with Gasteiger partial charge in [-0.25, -0.2) is 4.79 Å². The Morgan fingerprint density at radius 2 is 2.07 bits per heavy atom. The summed E-state index contributed by atoms with van der Waals surface area (Å²) in [5.41, 5.74) is 0.460. The van der Waals surface area contributed by atoms with Crippen molar-refractivity contribution in [2.45, 2.75) is 13.8 Å². The predicted molar refractivity (Wildman–Crippen MR) is 61.3 cm³/mol. The normalized spacial score (nSPS) is 9.80. The molecule has 0 amide bonds. The Balaban J connectivity index is 2.99. The number of halogens is 1. The quantitative estimate of drug-likeness (QED) is 0.791. The molecule has 0 spiro atoms. The van der Waals surface area contributed by atoms with Crippen LogP contribution >= 0.6 is 15.9 Å². The van der Waals surface area contributed by atoms with E-state index in [-0.39, 0.29) is 5.97 Å². The van der Waals surface area contributed by atoms with Crippen molar-refractivity contribution in [1.82, 2.24) is 0 Å². The van der Waals surface area contributed by atoms with Crippen molar-refractivity contribution < 1.29 is 14.3 Å². The molecule has 15 heavy (non-hydrogen) atoms. The Morgan fingerprint density at radius 1 is 1.33 bits per heavy atom. The fourth-order valence-electron chi connectivity index (χ4n) is 1.15. The van der Waals surface area contributed by atoms with Crippen LogP contribution in [0.1, 0.15) is 24.2 Å². The highest BCUT2D eigenvalue weighted by molar-refractivity contribution is 9.10. The molecule has 0 aliphatic carbocycles. The Kier molecular flexibility index (Phi) is 4.62. The molecule has 0 fully saturated rings. The van der Waals surface area contributed by atoms with Crippen LogP contribution in [0.15, 0.2) is 22.7 Å². The Bertz CT molecular complexity index is 350. The molecule has 1 rings (SSSR count). The van der Waals surface area contributed by atoms with E-state index in [2.05, 4.69) is 15.9 Å². The van der Waals surface area contributed by atoms with Crippen molar-refractivity contribution >= 4 is 21.9 Å². The van der Waals surface area contributed by atoms with Crippen molar-refractivity contribution in [3.63, 3.8) is 0 Å². The zero-order valence-corrected chi connectivity index (χ0v) is 10.3. The first-order chi connectivity index (χ1) is 7.19. The molecular weight excluding hydrogens is 260 g/mol. The Labute approximate surface area is 97.5 Å². The van der Waals surface area contributed by atoms with E-state index in [0.29, 0.717) is 24.5 Å². The van der Waals surface area contributed by atoms with Crippen LogP contribution in [0.5, 0.6) is 5.75 Å². The third-order valence-corrected chi connectivity index (χ3v) is 2.23. The summed E-state index contributed by atoms with van der Waals surface area (Å²) < 4.78 is 11.1. The molecule has 0 aliphatic heterocycles. The number of benzene rings is 1. The summed E-state index contributed by atoms with van der Waals surface area (Å²) in [7, 11) is 0. The fraction of sp³-hybridized carbons (Fsp3) is 0.364. The zero-order chi connectivity index (χ0) is 11.3. The van der Waals surface area contributed by atoms with Gasteiger partial charge in [0.1, 0.15) is 11.3 Å². The minimum Gasteiger partial charge on any atom is -0.493 e. The number of ether oxygens (including phenoxy) is 2. The third-order valence-electron chi connectivity index (χ3n) is 1.74. The van der Waals surface area contributed by atoms with Gasteiger partial charge < -0.3 is 9.47 Å². The molecule has 1 aromatic rings. The van der Waals surface area contributed by atoms with Gasteiger partial charge in [0.25, 0.3) is 0 Å². The summed E-state index contributed by atoms with van der Waals surface area (Å²) in [6.07, 6.45) is 0. The number of carbonyl (C=O) groups is 1. The molecule has 0 aromatic heterocycles. The molecule has 0 unspecified atom stereocenters. The van der Waals surface area contributed by atoms with E-state index in [4.69, 9.17) is 9.47 Å². The highest BCUT2D eigenvalue weighted by atomic mass is 79.9. The maximum atomic E-state index is 11.5. The average molecular weight is 273 g/mol. The largest absolute Gasteiger partial charge is 0.493 e. The molecule has 3 nitrogen and oxygen atoms in total. The molecule has 0 N–H and O–H groups in total. The lowest BCUT2D eigenvalue weighted by molar-refractivity contribution is 0.0522. The van der Waals surface area contributed by atoms with Gasteiger partial charge in [-0.2, -0.15) is 0 Å². The van der Waals surface area contributed by atoms with E-state index >= 15 is 0 Å². The average Bonchev–Trinajstić information content (AvgIpc) is 2.18. The highest BCUT2D eigenvalue weighted by Crippen LogP contribution is 2.24. The summed E-state index contributed by atoms with van der Waals surface area (Å²) in [5.74, 6) is 0.193. The van der Waals surface area contributed by atoms with Crippen molar-refractivity contribution in [2.75, 3.05) is 13.2 Å². The van der Waals surface area contributed by atoms with Gasteiger partial charge in [0.15, 0.2) is 0 Å². The molecule has 1 aromatic carbocycles. The van der Waals surface area contributed by atoms with Gasteiger partial charge >= 0.3 is 5.97 Å². The van der Waals surface area contributed by atoms with E-state index in [0.717, 1.165) is 4.47 Å². The second-order valence-electron chi connectivity index (χ2n) is 2.79. The summed E-state index contributed by atoms with van der Waals surface area (Å²) in [6.45, 7) is 4.52. The number of carbonyl (C=O) groups excluding carboxylic acids is 1. The van der Waals surface area contributed by atoms with Gasteiger partial charge in [-0.3, -0.25) is 0 Å². The third kappa shape index (κ3) is 3.23. The van der Waals surface area contributed by atoms with Gasteiger partial charge in [-0.1, -0.05) is 15.9 Å². The van der Waals surface area contributed by atoms with Crippen LogP contribution in [0.4, 0.5) is 0 Å². The van der Waals surface area contributed by atoms with Crippen LogP contribution in [0.25, 0.3) is 0 Å². The van der Waals surface area contributed by atoms with Crippen LogP contribution in [-0.2, 0) is 4.74 Å². The summed E-state index contributed by atoms with van der Waals surface area (Å²) in [5, 5.41) is 0.